The van der Waals surface area contributed by atoms with E-state index in [2.05, 4.69) is 26.1 Å². The number of hydrogen-bond acceptors (Lipinski definition) is 3. The van der Waals surface area contributed by atoms with Gasteiger partial charge < -0.3 is 15.5 Å². The first kappa shape index (κ1) is 17.7. The Morgan fingerprint density at radius 1 is 1.24 bits per heavy atom. The van der Waals surface area contributed by atoms with E-state index in [0.717, 1.165) is 18.4 Å². The summed E-state index contributed by atoms with van der Waals surface area (Å²) in [5.74, 6) is -0.502. The van der Waals surface area contributed by atoms with Gasteiger partial charge in [-0.25, -0.2) is 0 Å². The van der Waals surface area contributed by atoms with E-state index >= 15 is 0 Å². The zero-order valence-electron chi connectivity index (χ0n) is 13.2. The van der Waals surface area contributed by atoms with Crippen molar-refractivity contribution in [1.29, 1.82) is 0 Å². The average Bonchev–Trinajstić information content (AvgIpc) is 2.43. The molecule has 1 rings (SSSR count). The quantitative estimate of drug-likeness (QED) is 0.655. The molecule has 0 aliphatic rings. The van der Waals surface area contributed by atoms with Crippen LogP contribution in [0.4, 0.5) is 0 Å². The molecule has 118 valence electrons. The van der Waals surface area contributed by atoms with Crippen LogP contribution < -0.4 is 5.32 Å². The maximum absolute atomic E-state index is 11.0. The molecule has 4 heteroatoms. The molecule has 0 fully saturated rings. The summed E-state index contributed by atoms with van der Waals surface area (Å²) in [4.78, 5) is 11.0. The highest BCUT2D eigenvalue weighted by Crippen LogP contribution is 2.20. The Bertz CT molecular complexity index is 428. The lowest BCUT2D eigenvalue weighted by molar-refractivity contribution is -0.138. The molecule has 4 nitrogen and oxygen atoms in total. The minimum absolute atomic E-state index is 0.0927. The smallest absolute Gasteiger partial charge is 0.305 e. The van der Waals surface area contributed by atoms with Crippen molar-refractivity contribution in [3.8, 4) is 0 Å². The largest absolute Gasteiger partial charge is 0.481 e. The molecular weight excluding hydrogens is 266 g/mol. The predicted molar refractivity (Wildman–Crippen MR) is 84.3 cm³/mol. The number of carboxylic acids is 1. The minimum Gasteiger partial charge on any atom is -0.481 e. The molecule has 3 N–H and O–H groups in total. The molecule has 1 aromatic rings. The van der Waals surface area contributed by atoms with Crippen LogP contribution in [-0.2, 0) is 11.2 Å². The summed E-state index contributed by atoms with van der Waals surface area (Å²) in [5, 5.41) is 22.6. The first-order valence-corrected chi connectivity index (χ1v) is 7.66. The van der Waals surface area contributed by atoms with E-state index in [1.54, 1.807) is 0 Å². The van der Waals surface area contributed by atoms with Crippen LogP contribution in [0.5, 0.6) is 0 Å². The number of carboxylic acid groups (broad SMARTS) is 1. The van der Waals surface area contributed by atoms with Gasteiger partial charge in [0, 0.05) is 6.04 Å². The van der Waals surface area contributed by atoms with E-state index in [-0.39, 0.29) is 6.42 Å². The lowest BCUT2D eigenvalue weighted by atomic mass is 9.97. The number of carbonyl (C=O) groups is 1. The van der Waals surface area contributed by atoms with E-state index < -0.39 is 18.1 Å². The predicted octanol–water partition coefficient (Wildman–Crippen LogP) is 2.76. The zero-order valence-corrected chi connectivity index (χ0v) is 13.2. The van der Waals surface area contributed by atoms with Crippen molar-refractivity contribution in [3.05, 3.63) is 35.4 Å². The van der Waals surface area contributed by atoms with Crippen LogP contribution in [0.25, 0.3) is 0 Å². The lowest BCUT2D eigenvalue weighted by Gasteiger charge is -2.24. The van der Waals surface area contributed by atoms with Gasteiger partial charge in [0.25, 0.3) is 0 Å². The first-order chi connectivity index (χ1) is 9.93. The van der Waals surface area contributed by atoms with Crippen LogP contribution in [0.15, 0.2) is 24.3 Å². The van der Waals surface area contributed by atoms with Gasteiger partial charge in [0.15, 0.2) is 0 Å². The van der Waals surface area contributed by atoms with E-state index in [9.17, 15) is 9.90 Å². The van der Waals surface area contributed by atoms with Crippen molar-refractivity contribution in [1.82, 2.24) is 5.32 Å². The van der Waals surface area contributed by atoms with Crippen molar-refractivity contribution < 1.29 is 15.0 Å². The number of rotatable bonds is 9. The van der Waals surface area contributed by atoms with Gasteiger partial charge in [-0.15, -0.1) is 0 Å². The SMILES string of the molecule is CCCc1ccc(C(O)C(CC(=O)O)NCC(C)C)cc1. The molecule has 0 aliphatic carbocycles. The molecule has 2 unspecified atom stereocenters. The molecule has 0 saturated heterocycles. The van der Waals surface area contributed by atoms with Crippen molar-refractivity contribution in [2.75, 3.05) is 6.54 Å². The van der Waals surface area contributed by atoms with E-state index in [4.69, 9.17) is 5.11 Å². The topological polar surface area (TPSA) is 69.6 Å². The normalized spacial score (nSPS) is 14.1. The number of hydrogen-bond donors (Lipinski definition) is 3. The van der Waals surface area contributed by atoms with Gasteiger partial charge in [0.05, 0.1) is 12.5 Å². The highest BCUT2D eigenvalue weighted by molar-refractivity contribution is 5.67. The summed E-state index contributed by atoms with van der Waals surface area (Å²) in [6.07, 6.45) is 1.19. The Morgan fingerprint density at radius 3 is 2.33 bits per heavy atom. The van der Waals surface area contributed by atoms with Gasteiger partial charge in [0.1, 0.15) is 0 Å². The highest BCUT2D eigenvalue weighted by atomic mass is 16.4. The lowest BCUT2D eigenvalue weighted by Crippen LogP contribution is -2.38. The molecular formula is C17H27NO3. The number of benzene rings is 1. The van der Waals surface area contributed by atoms with Crippen LogP contribution >= 0.6 is 0 Å². The Labute approximate surface area is 127 Å². The maximum atomic E-state index is 11.0. The Kier molecular flexibility index (Phi) is 7.40. The van der Waals surface area contributed by atoms with Crippen molar-refractivity contribution >= 4 is 5.97 Å². The van der Waals surface area contributed by atoms with Gasteiger partial charge in [-0.1, -0.05) is 51.5 Å². The fourth-order valence-electron chi connectivity index (χ4n) is 2.27. The number of aliphatic hydroxyl groups is 1. The minimum atomic E-state index is -0.905. The van der Waals surface area contributed by atoms with Gasteiger partial charge in [-0.05, 0) is 30.0 Å². The number of aryl methyl sites for hydroxylation is 1. The molecule has 21 heavy (non-hydrogen) atoms. The summed E-state index contributed by atoms with van der Waals surface area (Å²) in [7, 11) is 0. The van der Waals surface area contributed by atoms with E-state index in [1.807, 2.05) is 24.3 Å². The molecule has 1 aromatic carbocycles. The summed E-state index contributed by atoms with van der Waals surface area (Å²) in [6, 6.07) is 7.32. The molecule has 0 spiro atoms. The number of aliphatic carboxylic acids is 1. The number of nitrogens with one attached hydrogen (secondary N) is 1. The third-order valence-electron chi connectivity index (χ3n) is 3.42. The van der Waals surface area contributed by atoms with Gasteiger partial charge in [0.2, 0.25) is 0 Å². The molecule has 0 saturated carbocycles. The monoisotopic (exact) mass is 293 g/mol. The number of aliphatic hydroxyl groups excluding tert-OH is 1. The van der Waals surface area contributed by atoms with Crippen LogP contribution in [-0.4, -0.2) is 28.8 Å². The zero-order chi connectivity index (χ0) is 15.8. The molecule has 2 atom stereocenters. The Hall–Kier alpha value is -1.39. The van der Waals surface area contributed by atoms with E-state index in [1.165, 1.54) is 5.56 Å². The molecule has 0 bridgehead atoms. The third-order valence-corrected chi connectivity index (χ3v) is 3.42. The summed E-state index contributed by atoms with van der Waals surface area (Å²) in [6.45, 7) is 6.91. The van der Waals surface area contributed by atoms with Crippen LogP contribution in [0, 0.1) is 5.92 Å². The highest BCUT2D eigenvalue weighted by Gasteiger charge is 2.23. The standard InChI is InChI=1S/C17H27NO3/c1-4-5-13-6-8-14(9-7-13)17(21)15(10-16(19)20)18-11-12(2)3/h6-9,12,15,17-18,21H,4-5,10-11H2,1-3H3,(H,19,20). The van der Waals surface area contributed by atoms with Gasteiger partial charge in [-0.3, -0.25) is 4.79 Å². The fourth-order valence-corrected chi connectivity index (χ4v) is 2.27. The summed E-state index contributed by atoms with van der Waals surface area (Å²) < 4.78 is 0. The molecule has 0 radical (unpaired) electrons. The van der Waals surface area contributed by atoms with Crippen LogP contribution in [0.2, 0.25) is 0 Å². The fraction of sp³-hybridized carbons (Fsp3) is 0.588. The molecule has 0 aromatic heterocycles. The van der Waals surface area contributed by atoms with Crippen LogP contribution in [0.3, 0.4) is 0 Å². The second-order valence-electron chi connectivity index (χ2n) is 5.94. The summed E-state index contributed by atoms with van der Waals surface area (Å²) >= 11 is 0. The molecule has 0 amide bonds. The van der Waals surface area contributed by atoms with Crippen molar-refractivity contribution in [2.24, 2.45) is 5.92 Å². The van der Waals surface area contributed by atoms with Crippen molar-refractivity contribution in [2.45, 2.75) is 52.2 Å². The van der Waals surface area contributed by atoms with Crippen LogP contribution in [0.1, 0.15) is 50.8 Å². The second-order valence-corrected chi connectivity index (χ2v) is 5.94. The molecule has 0 aliphatic heterocycles. The van der Waals surface area contributed by atoms with Gasteiger partial charge >= 0.3 is 5.97 Å². The second kappa shape index (κ2) is 8.80. The first-order valence-electron chi connectivity index (χ1n) is 7.66. The summed E-state index contributed by atoms with van der Waals surface area (Å²) in [5.41, 5.74) is 2.00. The Morgan fingerprint density at radius 2 is 1.86 bits per heavy atom. The average molecular weight is 293 g/mol. The van der Waals surface area contributed by atoms with Gasteiger partial charge in [-0.2, -0.15) is 0 Å². The molecule has 0 heterocycles. The van der Waals surface area contributed by atoms with Crippen molar-refractivity contribution in [3.63, 3.8) is 0 Å². The maximum Gasteiger partial charge on any atom is 0.305 e. The third kappa shape index (κ3) is 6.27. The Balaban J connectivity index is 2.77. The van der Waals surface area contributed by atoms with E-state index in [0.29, 0.717) is 12.5 Å².